The van der Waals surface area contributed by atoms with Crippen LogP contribution in [0.4, 0.5) is 0 Å². The Hall–Kier alpha value is -1.97. The molecular weight excluding hydrogens is 254 g/mol. The molecule has 0 unspecified atom stereocenters. The van der Waals surface area contributed by atoms with Gasteiger partial charge in [-0.2, -0.15) is 0 Å². The maximum absolute atomic E-state index is 11.7. The van der Waals surface area contributed by atoms with E-state index in [1.165, 1.54) is 0 Å². The number of methoxy groups -OCH3 is 1. The van der Waals surface area contributed by atoms with E-state index in [0.717, 1.165) is 11.5 Å². The van der Waals surface area contributed by atoms with Crippen LogP contribution in [0.2, 0.25) is 0 Å². The third-order valence-electron chi connectivity index (χ3n) is 2.92. The molecule has 1 atom stereocenters. The van der Waals surface area contributed by atoms with Crippen molar-refractivity contribution in [1.29, 1.82) is 0 Å². The second kappa shape index (κ2) is 8.25. The van der Waals surface area contributed by atoms with Crippen LogP contribution in [0.25, 0.3) is 0 Å². The number of benzene rings is 1. The van der Waals surface area contributed by atoms with E-state index in [1.54, 1.807) is 26.1 Å². The van der Waals surface area contributed by atoms with Crippen LogP contribution in [0.15, 0.2) is 36.4 Å². The van der Waals surface area contributed by atoms with E-state index in [4.69, 9.17) is 9.47 Å². The van der Waals surface area contributed by atoms with Crippen molar-refractivity contribution in [3.8, 4) is 11.5 Å². The van der Waals surface area contributed by atoms with Crippen molar-refractivity contribution in [3.05, 3.63) is 36.4 Å². The molecular formula is C16H23NO3. The lowest BCUT2D eigenvalue weighted by molar-refractivity contribution is -0.129. The molecule has 0 aliphatic rings. The highest BCUT2D eigenvalue weighted by Crippen LogP contribution is 2.18. The molecule has 1 aromatic carbocycles. The Kier molecular flexibility index (Phi) is 6.64. The minimum atomic E-state index is 0.0806. The summed E-state index contributed by atoms with van der Waals surface area (Å²) in [5, 5.41) is 0. The molecule has 0 radical (unpaired) electrons. The van der Waals surface area contributed by atoms with Crippen LogP contribution in [0.1, 0.15) is 13.3 Å². The van der Waals surface area contributed by atoms with Crippen molar-refractivity contribution in [2.45, 2.75) is 13.3 Å². The summed E-state index contributed by atoms with van der Waals surface area (Å²) in [5.41, 5.74) is 0. The van der Waals surface area contributed by atoms with E-state index in [-0.39, 0.29) is 11.8 Å². The Morgan fingerprint density at radius 3 is 2.35 bits per heavy atom. The number of allylic oxidation sites excluding steroid dienone is 1. The fraction of sp³-hybridized carbons (Fsp3) is 0.438. The maximum Gasteiger partial charge on any atom is 0.222 e. The maximum atomic E-state index is 11.7. The van der Waals surface area contributed by atoms with E-state index in [1.807, 2.05) is 43.3 Å². The van der Waals surface area contributed by atoms with Crippen LogP contribution in [0.5, 0.6) is 11.5 Å². The number of ether oxygens (including phenoxy) is 2. The van der Waals surface area contributed by atoms with Gasteiger partial charge in [-0.05, 0) is 31.2 Å². The van der Waals surface area contributed by atoms with Crippen molar-refractivity contribution in [1.82, 2.24) is 4.90 Å². The first kappa shape index (κ1) is 16.1. The van der Waals surface area contributed by atoms with Gasteiger partial charge >= 0.3 is 0 Å². The lowest BCUT2D eigenvalue weighted by Crippen LogP contribution is -2.25. The molecule has 1 aromatic rings. The second-order valence-electron chi connectivity index (χ2n) is 4.76. The number of hydrogen-bond acceptors (Lipinski definition) is 3. The van der Waals surface area contributed by atoms with Gasteiger partial charge in [-0.25, -0.2) is 0 Å². The van der Waals surface area contributed by atoms with E-state index < -0.39 is 0 Å². The van der Waals surface area contributed by atoms with E-state index in [0.29, 0.717) is 13.0 Å². The van der Waals surface area contributed by atoms with Gasteiger partial charge in [-0.15, -0.1) is 0 Å². The Balaban J connectivity index is 2.55. The predicted molar refractivity (Wildman–Crippen MR) is 80.1 cm³/mol. The summed E-state index contributed by atoms with van der Waals surface area (Å²) < 4.78 is 10.8. The average molecular weight is 277 g/mol. The van der Waals surface area contributed by atoms with Crippen LogP contribution in [0.3, 0.4) is 0 Å². The van der Waals surface area contributed by atoms with Crippen LogP contribution < -0.4 is 9.47 Å². The van der Waals surface area contributed by atoms with Crippen molar-refractivity contribution in [3.63, 3.8) is 0 Å². The largest absolute Gasteiger partial charge is 0.497 e. The molecule has 0 saturated carbocycles. The first-order valence-electron chi connectivity index (χ1n) is 6.66. The van der Waals surface area contributed by atoms with Crippen LogP contribution in [-0.2, 0) is 4.79 Å². The van der Waals surface area contributed by atoms with Crippen molar-refractivity contribution >= 4 is 5.91 Å². The normalized spacial score (nSPS) is 12.2. The van der Waals surface area contributed by atoms with Gasteiger partial charge in [-0.1, -0.05) is 12.2 Å². The summed E-state index contributed by atoms with van der Waals surface area (Å²) in [7, 11) is 5.16. The molecule has 0 aliphatic carbocycles. The number of carbonyl (C=O) groups excluding carboxylic acids is 1. The van der Waals surface area contributed by atoms with E-state index >= 15 is 0 Å². The van der Waals surface area contributed by atoms with Gasteiger partial charge in [0.25, 0.3) is 0 Å². The lowest BCUT2D eigenvalue weighted by atomic mass is 10.1. The third kappa shape index (κ3) is 5.34. The fourth-order valence-electron chi connectivity index (χ4n) is 1.74. The summed E-state index contributed by atoms with van der Waals surface area (Å²) >= 11 is 0. The average Bonchev–Trinajstić information content (AvgIpc) is 2.45. The van der Waals surface area contributed by atoms with Crippen LogP contribution >= 0.6 is 0 Å². The molecule has 1 amide bonds. The van der Waals surface area contributed by atoms with Gasteiger partial charge in [0, 0.05) is 26.4 Å². The highest BCUT2D eigenvalue weighted by molar-refractivity contribution is 5.76. The standard InChI is InChI=1S/C16H23NO3/c1-5-6-13(11-16(18)17(2)3)12-20-15-9-7-14(19-4)8-10-15/h5-10,13H,11-12H2,1-4H3/b6-5+/t13-/m1/s1. The molecule has 0 aliphatic heterocycles. The third-order valence-corrected chi connectivity index (χ3v) is 2.92. The molecule has 0 saturated heterocycles. The number of nitrogens with zero attached hydrogens (tertiary/aromatic N) is 1. The number of hydrogen-bond donors (Lipinski definition) is 0. The van der Waals surface area contributed by atoms with Gasteiger partial charge in [0.2, 0.25) is 5.91 Å². The summed E-state index contributed by atoms with van der Waals surface area (Å²) in [6, 6.07) is 7.43. The Morgan fingerprint density at radius 1 is 1.25 bits per heavy atom. The fourth-order valence-corrected chi connectivity index (χ4v) is 1.74. The van der Waals surface area contributed by atoms with Crippen molar-refractivity contribution in [2.24, 2.45) is 5.92 Å². The first-order valence-corrected chi connectivity index (χ1v) is 6.66. The van der Waals surface area contributed by atoms with Crippen molar-refractivity contribution < 1.29 is 14.3 Å². The summed E-state index contributed by atoms with van der Waals surface area (Å²) in [4.78, 5) is 13.3. The summed E-state index contributed by atoms with van der Waals surface area (Å²) in [6.07, 6.45) is 4.41. The SMILES string of the molecule is C/C=C/[C@@H](COc1ccc(OC)cc1)CC(=O)N(C)C. The van der Waals surface area contributed by atoms with Gasteiger partial charge < -0.3 is 14.4 Å². The molecule has 0 fully saturated rings. The first-order chi connectivity index (χ1) is 9.56. The molecule has 0 N–H and O–H groups in total. The topological polar surface area (TPSA) is 38.8 Å². The molecule has 110 valence electrons. The highest BCUT2D eigenvalue weighted by atomic mass is 16.5. The summed E-state index contributed by atoms with van der Waals surface area (Å²) in [6.45, 7) is 2.43. The lowest BCUT2D eigenvalue weighted by Gasteiger charge is -2.17. The monoisotopic (exact) mass is 277 g/mol. The van der Waals surface area contributed by atoms with Gasteiger partial charge in [0.1, 0.15) is 11.5 Å². The molecule has 0 spiro atoms. The quantitative estimate of drug-likeness (QED) is 0.719. The molecule has 4 nitrogen and oxygen atoms in total. The molecule has 0 heterocycles. The molecule has 0 aromatic heterocycles. The van der Waals surface area contributed by atoms with Gasteiger partial charge in [0.15, 0.2) is 0 Å². The Morgan fingerprint density at radius 2 is 1.85 bits per heavy atom. The molecule has 1 rings (SSSR count). The highest BCUT2D eigenvalue weighted by Gasteiger charge is 2.13. The smallest absolute Gasteiger partial charge is 0.222 e. The zero-order valence-electron chi connectivity index (χ0n) is 12.6. The van der Waals surface area contributed by atoms with Crippen LogP contribution in [0, 0.1) is 5.92 Å². The van der Waals surface area contributed by atoms with Gasteiger partial charge in [-0.3, -0.25) is 4.79 Å². The Bertz CT molecular complexity index is 438. The number of carbonyl (C=O) groups is 1. The van der Waals surface area contributed by atoms with Crippen LogP contribution in [-0.4, -0.2) is 38.6 Å². The Labute approximate surface area is 121 Å². The van der Waals surface area contributed by atoms with Gasteiger partial charge in [0.05, 0.1) is 13.7 Å². The zero-order valence-corrected chi connectivity index (χ0v) is 12.6. The number of amides is 1. The van der Waals surface area contributed by atoms with E-state index in [2.05, 4.69) is 0 Å². The summed E-state index contributed by atoms with van der Waals surface area (Å²) in [5.74, 6) is 1.76. The van der Waals surface area contributed by atoms with Crippen molar-refractivity contribution in [2.75, 3.05) is 27.8 Å². The second-order valence-corrected chi connectivity index (χ2v) is 4.76. The van der Waals surface area contributed by atoms with E-state index in [9.17, 15) is 4.79 Å². The predicted octanol–water partition coefficient (Wildman–Crippen LogP) is 2.74. The zero-order chi connectivity index (χ0) is 15.0. The molecule has 0 bridgehead atoms. The minimum Gasteiger partial charge on any atom is -0.497 e. The molecule has 20 heavy (non-hydrogen) atoms. The number of rotatable bonds is 7. The minimum absolute atomic E-state index is 0.0806. The molecule has 4 heteroatoms.